The molecule has 0 bridgehead atoms. The molecule has 0 aliphatic heterocycles. The van der Waals surface area contributed by atoms with Crippen LogP contribution in [-0.4, -0.2) is 39.9 Å². The molecule has 4 rings (SSSR count). The lowest BCUT2D eigenvalue weighted by molar-refractivity contribution is 0.166. The third-order valence-electron chi connectivity index (χ3n) is 4.73. The molecule has 0 saturated carbocycles. The van der Waals surface area contributed by atoms with E-state index in [4.69, 9.17) is 26.6 Å². The van der Waals surface area contributed by atoms with Crippen molar-refractivity contribution in [2.24, 2.45) is 10.9 Å². The number of nitrogens with one attached hydrogen (secondary N) is 1. The Morgan fingerprint density at radius 3 is 2.71 bits per heavy atom. The van der Waals surface area contributed by atoms with Gasteiger partial charge in [-0.25, -0.2) is 13.2 Å². The number of hydrogen-bond acceptors (Lipinski definition) is 9. The predicted molar refractivity (Wildman–Crippen MR) is 132 cm³/mol. The molecule has 0 aliphatic rings. The van der Waals surface area contributed by atoms with Gasteiger partial charge in [0.1, 0.15) is 27.5 Å². The maximum atomic E-state index is 13.5. The van der Waals surface area contributed by atoms with Crippen LogP contribution in [-0.2, 0) is 21.4 Å². The Morgan fingerprint density at radius 1 is 1.17 bits per heavy atom. The van der Waals surface area contributed by atoms with Crippen molar-refractivity contribution >= 4 is 62.0 Å². The Labute approximate surface area is 209 Å². The van der Waals surface area contributed by atoms with Gasteiger partial charge in [0, 0.05) is 23.7 Å². The fraction of sp³-hybridized carbons (Fsp3) is 0.143. The van der Waals surface area contributed by atoms with Gasteiger partial charge in [0.15, 0.2) is 0 Å². The lowest BCUT2D eigenvalue weighted by Gasteiger charge is -2.21. The summed E-state index contributed by atoms with van der Waals surface area (Å²) in [6.07, 6.45) is 0.575. The minimum atomic E-state index is -4.01. The normalized spacial score (nSPS) is 12.2. The second kappa shape index (κ2) is 10.8. The van der Waals surface area contributed by atoms with Crippen molar-refractivity contribution in [2.75, 3.05) is 11.9 Å². The molecule has 2 aromatic carbocycles. The van der Waals surface area contributed by atoms with Crippen LogP contribution in [0.4, 0.5) is 10.5 Å². The summed E-state index contributed by atoms with van der Waals surface area (Å²) in [5.41, 5.74) is 7.09. The van der Waals surface area contributed by atoms with Gasteiger partial charge in [0.05, 0.1) is 24.5 Å². The van der Waals surface area contributed by atoms with Crippen LogP contribution < -0.4 is 11.1 Å². The number of benzene rings is 2. The fourth-order valence-electron chi connectivity index (χ4n) is 3.05. The first kappa shape index (κ1) is 24.6. The third kappa shape index (κ3) is 6.14. The Kier molecular flexibility index (Phi) is 7.60. The molecular weight excluding hydrogens is 516 g/mol. The summed E-state index contributed by atoms with van der Waals surface area (Å²) in [4.78, 5) is 16.7. The topological polar surface area (TPSA) is 153 Å². The van der Waals surface area contributed by atoms with Crippen LogP contribution in [0.2, 0.25) is 5.02 Å². The van der Waals surface area contributed by atoms with Gasteiger partial charge >= 0.3 is 6.09 Å². The number of fused-ring (bicyclic) bond motifs is 1. The second-order valence-electron chi connectivity index (χ2n) is 7.15. The van der Waals surface area contributed by atoms with Crippen LogP contribution in [0.5, 0.6) is 0 Å². The Hall–Kier alpha value is -3.52. The number of rotatable bonds is 9. The van der Waals surface area contributed by atoms with Gasteiger partial charge in [0.25, 0.3) is 0 Å². The molecule has 1 amide bonds. The Balaban J connectivity index is 1.46. The van der Waals surface area contributed by atoms with Crippen molar-refractivity contribution in [3.05, 3.63) is 71.6 Å². The molecule has 2 heterocycles. The van der Waals surface area contributed by atoms with E-state index in [1.807, 2.05) is 0 Å². The zero-order chi connectivity index (χ0) is 24.8. The molecule has 0 spiro atoms. The van der Waals surface area contributed by atoms with Crippen molar-refractivity contribution in [1.29, 1.82) is 0 Å². The number of oxime groups is 1. The summed E-state index contributed by atoms with van der Waals surface area (Å²) >= 11 is 6.74. The molecule has 4 aromatic rings. The van der Waals surface area contributed by atoms with E-state index in [1.54, 1.807) is 48.5 Å². The van der Waals surface area contributed by atoms with E-state index < -0.39 is 16.1 Å². The molecule has 0 fully saturated rings. The van der Waals surface area contributed by atoms with E-state index >= 15 is 0 Å². The number of carbonyl (C=O) groups is 1. The van der Waals surface area contributed by atoms with Crippen LogP contribution in [0, 0.1) is 0 Å². The van der Waals surface area contributed by atoms with Crippen LogP contribution in [0.3, 0.4) is 0 Å². The van der Waals surface area contributed by atoms with Crippen molar-refractivity contribution in [2.45, 2.75) is 17.9 Å². The summed E-state index contributed by atoms with van der Waals surface area (Å²) in [5, 5.41) is 6.58. The van der Waals surface area contributed by atoms with E-state index in [-0.39, 0.29) is 35.8 Å². The van der Waals surface area contributed by atoms with Crippen molar-refractivity contribution < 1.29 is 22.5 Å². The highest BCUT2D eigenvalue weighted by molar-refractivity contribution is 7.89. The summed E-state index contributed by atoms with van der Waals surface area (Å²) in [6, 6.07) is 14.5. The number of anilines is 1. The quantitative estimate of drug-likeness (QED) is 0.141. The molecule has 35 heavy (non-hydrogen) atoms. The van der Waals surface area contributed by atoms with Gasteiger partial charge in [-0.15, -0.1) is 0 Å². The molecule has 3 N–H and O–H groups in total. The van der Waals surface area contributed by atoms with Gasteiger partial charge in [-0.3, -0.25) is 10.2 Å². The first-order valence-corrected chi connectivity index (χ1v) is 12.7. The van der Waals surface area contributed by atoms with E-state index in [1.165, 1.54) is 16.6 Å². The number of carbonyl (C=O) groups excluding carboxylic acids is 1. The average molecular weight is 535 g/mol. The molecule has 0 aliphatic carbocycles. The zero-order valence-electron chi connectivity index (χ0n) is 18.0. The largest absolute Gasteiger partial charge is 0.468 e. The molecule has 0 saturated heterocycles. The van der Waals surface area contributed by atoms with Gasteiger partial charge < -0.3 is 10.2 Å². The maximum Gasteiger partial charge on any atom is 0.437 e. The zero-order valence-corrected chi connectivity index (χ0v) is 20.4. The lowest BCUT2D eigenvalue weighted by atomic mass is 10.3. The molecule has 2 aromatic heterocycles. The number of hydrogen-bond donors (Lipinski definition) is 2. The first-order valence-electron chi connectivity index (χ1n) is 10.1. The molecule has 0 radical (unpaired) electrons. The SMILES string of the molecule is N/C(CCN(Cc1ccco1)S(=O)(=O)c1cccc2nsnc12)=N/OC(=O)Nc1ccc(Cl)cc1. The predicted octanol–water partition coefficient (Wildman–Crippen LogP) is 4.04. The van der Waals surface area contributed by atoms with E-state index in [0.29, 0.717) is 22.0 Å². The maximum absolute atomic E-state index is 13.5. The van der Waals surface area contributed by atoms with Crippen LogP contribution in [0.15, 0.2) is 75.3 Å². The number of amidine groups is 1. The van der Waals surface area contributed by atoms with Gasteiger partial charge in [-0.05, 0) is 48.5 Å². The smallest absolute Gasteiger partial charge is 0.437 e. The molecule has 0 atom stereocenters. The van der Waals surface area contributed by atoms with Crippen molar-refractivity contribution in [3.8, 4) is 0 Å². The number of halogens is 1. The summed E-state index contributed by atoms with van der Waals surface area (Å²) in [7, 11) is -4.01. The first-order chi connectivity index (χ1) is 16.8. The Morgan fingerprint density at radius 2 is 1.97 bits per heavy atom. The number of aromatic nitrogens is 2. The molecule has 0 unspecified atom stereocenters. The van der Waals surface area contributed by atoms with E-state index in [0.717, 1.165) is 11.7 Å². The highest BCUT2D eigenvalue weighted by Gasteiger charge is 2.28. The molecule has 14 heteroatoms. The molecule has 11 nitrogen and oxygen atoms in total. The summed E-state index contributed by atoms with van der Waals surface area (Å²) < 4.78 is 41.8. The van der Waals surface area contributed by atoms with E-state index in [9.17, 15) is 13.2 Å². The van der Waals surface area contributed by atoms with Crippen LogP contribution in [0.1, 0.15) is 12.2 Å². The third-order valence-corrected chi connectivity index (χ3v) is 7.40. The monoisotopic (exact) mass is 534 g/mol. The lowest BCUT2D eigenvalue weighted by Crippen LogP contribution is -2.34. The number of nitrogens with zero attached hydrogens (tertiary/aromatic N) is 4. The van der Waals surface area contributed by atoms with Crippen LogP contribution in [0.25, 0.3) is 11.0 Å². The highest BCUT2D eigenvalue weighted by Crippen LogP contribution is 2.26. The number of nitrogens with two attached hydrogens (primary N) is 1. The standard InChI is InChI=1S/C21H19ClN6O5S2/c22-14-6-8-15(9-7-14)24-21(29)33-25-19(23)10-11-28(13-16-3-2-12-32-16)35(30,31)18-5-1-4-17-20(18)27-34-26-17/h1-9,12H,10-11,13H2,(H2,23,25)(H,24,29). The average Bonchev–Trinajstić information content (AvgIpc) is 3.53. The minimum Gasteiger partial charge on any atom is -0.468 e. The van der Waals surface area contributed by atoms with E-state index in [2.05, 4.69) is 19.2 Å². The number of sulfonamides is 1. The van der Waals surface area contributed by atoms with Crippen molar-refractivity contribution in [1.82, 2.24) is 13.1 Å². The number of amides is 1. The molecular formula is C21H19ClN6O5S2. The molecule has 182 valence electrons. The Bertz CT molecular complexity index is 1440. The minimum absolute atomic E-state index is 0.0144. The van der Waals surface area contributed by atoms with Crippen LogP contribution >= 0.6 is 23.3 Å². The van der Waals surface area contributed by atoms with Gasteiger partial charge in [-0.2, -0.15) is 13.1 Å². The summed E-state index contributed by atoms with van der Waals surface area (Å²) in [5.74, 6) is 0.357. The fourth-order valence-corrected chi connectivity index (χ4v) is 5.33. The van der Waals surface area contributed by atoms with Gasteiger partial charge in [-0.1, -0.05) is 22.8 Å². The summed E-state index contributed by atoms with van der Waals surface area (Å²) in [6.45, 7) is -0.108. The number of furan rings is 1. The highest BCUT2D eigenvalue weighted by atomic mass is 35.5. The van der Waals surface area contributed by atoms with Gasteiger partial charge in [0.2, 0.25) is 10.0 Å². The second-order valence-corrected chi connectivity index (χ2v) is 10.0. The van der Waals surface area contributed by atoms with Crippen molar-refractivity contribution in [3.63, 3.8) is 0 Å².